The van der Waals surface area contributed by atoms with Crippen LogP contribution in [0.15, 0.2) is 84.9 Å². The summed E-state index contributed by atoms with van der Waals surface area (Å²) in [6.07, 6.45) is -0.913. The minimum Gasteiger partial charge on any atom is -0.339 e. The van der Waals surface area contributed by atoms with Crippen LogP contribution >= 0.6 is 47.0 Å². The van der Waals surface area contributed by atoms with Gasteiger partial charge in [-0.3, -0.25) is 4.79 Å². The van der Waals surface area contributed by atoms with Crippen LogP contribution in [0.1, 0.15) is 5.56 Å². The number of thiocarbonyl (C=S) groups is 1. The maximum absolute atomic E-state index is 12.8. The lowest BCUT2D eigenvalue weighted by Crippen LogP contribution is -2.56. The number of hydrogen-bond acceptors (Lipinski definition) is 2. The van der Waals surface area contributed by atoms with E-state index in [2.05, 4.69) is 16.0 Å². The van der Waals surface area contributed by atoms with Crippen molar-refractivity contribution in [3.8, 4) is 0 Å². The summed E-state index contributed by atoms with van der Waals surface area (Å²) in [6, 6.07) is 27.4. The van der Waals surface area contributed by atoms with E-state index in [0.29, 0.717) is 0 Å². The Bertz CT molecular complexity index is 1220. The second-order valence-corrected chi connectivity index (χ2v) is 10.3. The molecule has 1 amide bonds. The largest absolute Gasteiger partial charge is 0.339 e. The highest BCUT2D eigenvalue weighted by molar-refractivity contribution is 7.80. The SMILES string of the molecule is O=C(Cc1cccc2ccccc12)NC(NC(=S)Nc1cccc2ccccc12)C(Cl)(Cl)Cl. The molecule has 3 N–H and O–H groups in total. The molecule has 0 aromatic heterocycles. The first-order valence-corrected chi connectivity index (χ1v) is 11.7. The van der Waals surface area contributed by atoms with Gasteiger partial charge >= 0.3 is 0 Å². The van der Waals surface area contributed by atoms with Gasteiger partial charge in [0.05, 0.1) is 6.42 Å². The lowest BCUT2D eigenvalue weighted by atomic mass is 10.0. The molecule has 0 fully saturated rings. The fourth-order valence-corrected chi connectivity index (χ4v) is 4.21. The molecule has 8 heteroatoms. The molecule has 1 unspecified atom stereocenters. The molecule has 0 bridgehead atoms. The van der Waals surface area contributed by atoms with Gasteiger partial charge < -0.3 is 16.0 Å². The van der Waals surface area contributed by atoms with Crippen LogP contribution in [0, 0.1) is 0 Å². The van der Waals surface area contributed by atoms with Crippen molar-refractivity contribution in [3.63, 3.8) is 0 Å². The van der Waals surface area contributed by atoms with Crippen molar-refractivity contribution in [1.29, 1.82) is 0 Å². The maximum Gasteiger partial charge on any atom is 0.228 e. The summed E-state index contributed by atoms with van der Waals surface area (Å²) >= 11 is 23.9. The lowest BCUT2D eigenvalue weighted by molar-refractivity contribution is -0.121. The van der Waals surface area contributed by atoms with Gasteiger partial charge in [0, 0.05) is 11.1 Å². The maximum atomic E-state index is 12.8. The summed E-state index contributed by atoms with van der Waals surface area (Å²) in [4.78, 5) is 12.8. The summed E-state index contributed by atoms with van der Waals surface area (Å²) in [7, 11) is 0. The first-order valence-electron chi connectivity index (χ1n) is 10.2. The number of nitrogens with one attached hydrogen (secondary N) is 3. The van der Waals surface area contributed by atoms with Crippen LogP contribution in [-0.2, 0) is 11.2 Å². The minimum atomic E-state index is -1.83. The van der Waals surface area contributed by atoms with Gasteiger partial charge in [-0.05, 0) is 40.0 Å². The van der Waals surface area contributed by atoms with Gasteiger partial charge in [0.25, 0.3) is 0 Å². The van der Waals surface area contributed by atoms with E-state index in [1.807, 2.05) is 84.9 Å². The summed E-state index contributed by atoms with van der Waals surface area (Å²) in [6.45, 7) is 0. The summed E-state index contributed by atoms with van der Waals surface area (Å²) < 4.78 is -1.83. The second-order valence-electron chi connectivity index (χ2n) is 7.48. The number of benzene rings is 4. The van der Waals surface area contributed by atoms with Crippen LogP contribution in [0.2, 0.25) is 0 Å². The molecule has 33 heavy (non-hydrogen) atoms. The summed E-state index contributed by atoms with van der Waals surface area (Å²) in [5.74, 6) is -0.303. The molecule has 4 rings (SSSR count). The van der Waals surface area contributed by atoms with Crippen molar-refractivity contribution < 1.29 is 4.79 Å². The first-order chi connectivity index (χ1) is 15.8. The molecule has 4 aromatic rings. The van der Waals surface area contributed by atoms with E-state index in [-0.39, 0.29) is 17.4 Å². The molecule has 0 heterocycles. The fraction of sp³-hybridized carbons (Fsp3) is 0.120. The lowest BCUT2D eigenvalue weighted by Gasteiger charge is -2.28. The molecule has 4 aromatic carbocycles. The molecule has 0 spiro atoms. The Labute approximate surface area is 212 Å². The van der Waals surface area contributed by atoms with Crippen LogP contribution in [0.25, 0.3) is 21.5 Å². The fourth-order valence-electron chi connectivity index (χ4n) is 3.66. The van der Waals surface area contributed by atoms with Gasteiger partial charge in [-0.2, -0.15) is 0 Å². The Morgan fingerprint density at radius 3 is 2.06 bits per heavy atom. The number of carbonyl (C=O) groups is 1. The Hall–Kier alpha value is -2.57. The second kappa shape index (κ2) is 10.1. The summed E-state index contributed by atoms with van der Waals surface area (Å²) in [5, 5.41) is 13.1. The van der Waals surface area contributed by atoms with Crippen molar-refractivity contribution in [2.24, 2.45) is 0 Å². The zero-order chi connectivity index (χ0) is 23.4. The Morgan fingerprint density at radius 1 is 0.788 bits per heavy atom. The first kappa shape index (κ1) is 23.6. The summed E-state index contributed by atoms with van der Waals surface area (Å²) in [5.41, 5.74) is 1.68. The number of amides is 1. The van der Waals surface area contributed by atoms with Crippen LogP contribution in [0.5, 0.6) is 0 Å². The van der Waals surface area contributed by atoms with Gasteiger partial charge in [-0.1, -0.05) is 114 Å². The standard InChI is InChI=1S/C25H20Cl3N3OS/c26-25(27,28)23(30-22(32)15-18-11-5-9-16-7-1-3-12-19(16)18)31-24(33)29-21-14-6-10-17-8-2-4-13-20(17)21/h1-14,23H,15H2,(H,30,32)(H2,29,31,33). The van der Waals surface area contributed by atoms with Crippen LogP contribution in [0.4, 0.5) is 5.69 Å². The number of halogens is 3. The van der Waals surface area contributed by atoms with E-state index in [9.17, 15) is 4.79 Å². The molecular weight excluding hydrogens is 497 g/mol. The molecular formula is C25H20Cl3N3OS. The van der Waals surface area contributed by atoms with E-state index in [4.69, 9.17) is 47.0 Å². The molecule has 1 atom stereocenters. The van der Waals surface area contributed by atoms with Crippen molar-refractivity contribution >= 4 is 85.3 Å². The Balaban J connectivity index is 1.47. The highest BCUT2D eigenvalue weighted by Crippen LogP contribution is 2.30. The van der Waals surface area contributed by atoms with E-state index in [1.54, 1.807) is 0 Å². The number of alkyl halides is 3. The van der Waals surface area contributed by atoms with Crippen LogP contribution < -0.4 is 16.0 Å². The monoisotopic (exact) mass is 515 g/mol. The van der Waals surface area contributed by atoms with Gasteiger partial charge in [0.2, 0.25) is 9.70 Å². The molecule has 168 valence electrons. The predicted octanol–water partition coefficient (Wildman–Crippen LogP) is 6.33. The highest BCUT2D eigenvalue weighted by atomic mass is 35.6. The van der Waals surface area contributed by atoms with Gasteiger partial charge in [-0.15, -0.1) is 0 Å². The average molecular weight is 517 g/mol. The van der Waals surface area contributed by atoms with Crippen molar-refractivity contribution in [2.75, 3.05) is 5.32 Å². The average Bonchev–Trinajstić information content (AvgIpc) is 2.78. The van der Waals surface area contributed by atoms with E-state index >= 15 is 0 Å². The molecule has 0 saturated carbocycles. The molecule has 0 radical (unpaired) electrons. The number of fused-ring (bicyclic) bond motifs is 2. The van der Waals surface area contributed by atoms with Crippen LogP contribution in [0.3, 0.4) is 0 Å². The van der Waals surface area contributed by atoms with Gasteiger partial charge in [0.1, 0.15) is 6.17 Å². The number of hydrogen-bond donors (Lipinski definition) is 3. The zero-order valence-corrected chi connectivity index (χ0v) is 20.4. The Kier molecular flexibility index (Phi) is 7.25. The van der Waals surface area contributed by atoms with Crippen molar-refractivity contribution in [1.82, 2.24) is 10.6 Å². The van der Waals surface area contributed by atoms with Gasteiger partial charge in [0.15, 0.2) is 5.11 Å². The number of rotatable bonds is 5. The molecule has 0 aliphatic heterocycles. The normalized spacial score (nSPS) is 12.3. The smallest absolute Gasteiger partial charge is 0.228 e. The molecule has 0 aliphatic carbocycles. The number of anilines is 1. The molecule has 0 saturated heterocycles. The third-order valence-corrected chi connectivity index (χ3v) is 6.05. The van der Waals surface area contributed by atoms with Crippen molar-refractivity contribution in [3.05, 3.63) is 90.5 Å². The number of carbonyl (C=O) groups excluding carboxylic acids is 1. The van der Waals surface area contributed by atoms with E-state index in [1.165, 1.54) is 0 Å². The van der Waals surface area contributed by atoms with E-state index < -0.39 is 9.96 Å². The zero-order valence-electron chi connectivity index (χ0n) is 17.3. The van der Waals surface area contributed by atoms with Crippen molar-refractivity contribution in [2.45, 2.75) is 16.4 Å². The van der Waals surface area contributed by atoms with E-state index in [0.717, 1.165) is 32.8 Å². The Morgan fingerprint density at radius 2 is 1.36 bits per heavy atom. The minimum absolute atomic E-state index is 0.129. The predicted molar refractivity (Wildman–Crippen MR) is 143 cm³/mol. The van der Waals surface area contributed by atoms with Gasteiger partial charge in [-0.25, -0.2) is 0 Å². The quantitative estimate of drug-likeness (QED) is 0.165. The van der Waals surface area contributed by atoms with Crippen LogP contribution in [-0.4, -0.2) is 21.0 Å². The third-order valence-electron chi connectivity index (χ3n) is 5.18. The topological polar surface area (TPSA) is 53.2 Å². The third kappa shape index (κ3) is 5.87. The highest BCUT2D eigenvalue weighted by Gasteiger charge is 2.34. The molecule has 0 aliphatic rings. The molecule has 4 nitrogen and oxygen atoms in total.